The van der Waals surface area contributed by atoms with Crippen LogP contribution >= 0.6 is 0 Å². The third kappa shape index (κ3) is 2.80. The number of nitro groups is 1. The van der Waals surface area contributed by atoms with Gasteiger partial charge in [0.1, 0.15) is 5.69 Å². The molecule has 0 N–H and O–H groups in total. The lowest BCUT2D eigenvalue weighted by molar-refractivity contribution is -0.384. The molecule has 0 amide bonds. The molecule has 0 heterocycles. The molecule has 0 bridgehead atoms. The van der Waals surface area contributed by atoms with Gasteiger partial charge in [-0.15, -0.1) is 0 Å². The molecule has 1 aromatic rings. The lowest BCUT2D eigenvalue weighted by Crippen LogP contribution is -2.27. The molecule has 0 radical (unpaired) electrons. The Kier molecular flexibility index (Phi) is 3.63. The van der Waals surface area contributed by atoms with Crippen molar-refractivity contribution in [2.24, 2.45) is 0 Å². The van der Waals surface area contributed by atoms with Crippen molar-refractivity contribution < 1.29 is 4.92 Å². The van der Waals surface area contributed by atoms with Gasteiger partial charge in [-0.1, -0.05) is 0 Å². The zero-order chi connectivity index (χ0) is 13.8. The molecule has 0 atom stereocenters. The van der Waals surface area contributed by atoms with Gasteiger partial charge >= 0.3 is 0 Å². The van der Waals surface area contributed by atoms with Gasteiger partial charge < -0.3 is 4.90 Å². The van der Waals surface area contributed by atoms with Crippen LogP contribution in [0.3, 0.4) is 0 Å². The highest BCUT2D eigenvalue weighted by Crippen LogP contribution is 2.37. The fraction of sp³-hybridized carbons (Fsp3) is 0.385. The summed E-state index contributed by atoms with van der Waals surface area (Å²) in [4.78, 5) is 12.5. The number of rotatable bonds is 5. The van der Waals surface area contributed by atoms with Crippen LogP contribution < -0.4 is 4.90 Å². The molecule has 6 heteroatoms. The van der Waals surface area contributed by atoms with E-state index in [1.165, 1.54) is 18.2 Å². The molecule has 0 spiro atoms. The highest BCUT2D eigenvalue weighted by atomic mass is 16.6. The first-order chi connectivity index (χ1) is 9.17. The standard InChI is InChI=1S/C13H12N4O2/c14-6-1-7-16(11-3-4-11)13-8-10(9-15)2-5-12(13)17(18)19/h2,5,8,11H,1,3-4,7H2. The van der Waals surface area contributed by atoms with Crippen molar-refractivity contribution in [3.05, 3.63) is 33.9 Å². The minimum Gasteiger partial charge on any atom is -0.362 e. The van der Waals surface area contributed by atoms with Crippen LogP contribution in [0.25, 0.3) is 0 Å². The maximum absolute atomic E-state index is 11.1. The van der Waals surface area contributed by atoms with E-state index >= 15 is 0 Å². The summed E-state index contributed by atoms with van der Waals surface area (Å²) >= 11 is 0. The lowest BCUT2D eigenvalue weighted by Gasteiger charge is -2.23. The van der Waals surface area contributed by atoms with Crippen molar-refractivity contribution >= 4 is 11.4 Å². The number of nitro benzene ring substituents is 1. The zero-order valence-corrected chi connectivity index (χ0v) is 10.2. The third-order valence-corrected chi connectivity index (χ3v) is 3.06. The summed E-state index contributed by atoms with van der Waals surface area (Å²) in [6.07, 6.45) is 2.25. The van der Waals surface area contributed by atoms with Gasteiger partial charge in [0, 0.05) is 18.7 Å². The molecule has 0 aliphatic heterocycles. The second-order valence-corrected chi connectivity index (χ2v) is 4.41. The third-order valence-electron chi connectivity index (χ3n) is 3.06. The molecule has 2 rings (SSSR count). The van der Waals surface area contributed by atoms with Gasteiger partial charge in [-0.2, -0.15) is 10.5 Å². The fourth-order valence-corrected chi connectivity index (χ4v) is 2.03. The minimum atomic E-state index is -0.446. The van der Waals surface area contributed by atoms with Gasteiger partial charge in [0.05, 0.1) is 29.0 Å². The molecule has 0 unspecified atom stereocenters. The smallest absolute Gasteiger partial charge is 0.292 e. The fourth-order valence-electron chi connectivity index (χ4n) is 2.03. The Morgan fingerprint density at radius 1 is 1.42 bits per heavy atom. The van der Waals surface area contributed by atoms with Gasteiger partial charge in [-0.05, 0) is 25.0 Å². The van der Waals surface area contributed by atoms with Gasteiger partial charge in [-0.25, -0.2) is 0 Å². The van der Waals surface area contributed by atoms with Crippen molar-refractivity contribution in [3.63, 3.8) is 0 Å². The van der Waals surface area contributed by atoms with Crippen LogP contribution in [-0.2, 0) is 0 Å². The van der Waals surface area contributed by atoms with Crippen LogP contribution in [0.5, 0.6) is 0 Å². The first-order valence-electron chi connectivity index (χ1n) is 5.99. The zero-order valence-electron chi connectivity index (χ0n) is 10.2. The van der Waals surface area contributed by atoms with Crippen LogP contribution in [0.4, 0.5) is 11.4 Å². The van der Waals surface area contributed by atoms with E-state index in [1.54, 1.807) is 0 Å². The Hall–Kier alpha value is -2.60. The second kappa shape index (κ2) is 5.36. The monoisotopic (exact) mass is 256 g/mol. The predicted octanol–water partition coefficient (Wildman–Crippen LogP) is 2.35. The summed E-state index contributed by atoms with van der Waals surface area (Å²) < 4.78 is 0. The van der Waals surface area contributed by atoms with Gasteiger partial charge in [0.2, 0.25) is 0 Å². The Labute approximate surface area is 110 Å². The van der Waals surface area contributed by atoms with Crippen LogP contribution in [0.1, 0.15) is 24.8 Å². The minimum absolute atomic E-state index is 0.0103. The molecular weight excluding hydrogens is 244 g/mol. The number of hydrogen-bond donors (Lipinski definition) is 0. The first-order valence-corrected chi connectivity index (χ1v) is 5.99. The average molecular weight is 256 g/mol. The summed E-state index contributed by atoms with van der Waals surface area (Å²) in [6, 6.07) is 8.63. The summed E-state index contributed by atoms with van der Waals surface area (Å²) in [5.41, 5.74) is 0.828. The predicted molar refractivity (Wildman–Crippen MR) is 68.4 cm³/mol. The molecule has 6 nitrogen and oxygen atoms in total. The SMILES string of the molecule is N#CCCN(c1cc(C#N)ccc1[N+](=O)[O-])C1CC1. The molecular formula is C13H12N4O2. The molecule has 0 aromatic heterocycles. The molecule has 1 saturated carbocycles. The number of nitrogens with zero attached hydrogens (tertiary/aromatic N) is 4. The molecule has 96 valence electrons. The highest BCUT2D eigenvalue weighted by molar-refractivity contribution is 5.67. The quantitative estimate of drug-likeness (QED) is 0.595. The Bertz CT molecular complexity index is 581. The number of hydrogen-bond acceptors (Lipinski definition) is 5. The average Bonchev–Trinajstić information content (AvgIpc) is 3.23. The summed E-state index contributed by atoms with van der Waals surface area (Å²) in [5, 5.41) is 28.7. The molecule has 1 aliphatic rings. The van der Waals surface area contributed by atoms with Gasteiger partial charge in [-0.3, -0.25) is 10.1 Å². The topological polar surface area (TPSA) is 94.0 Å². The Morgan fingerprint density at radius 3 is 2.68 bits per heavy atom. The highest BCUT2D eigenvalue weighted by Gasteiger charge is 2.32. The Balaban J connectivity index is 2.41. The van der Waals surface area contributed by atoms with Crippen molar-refractivity contribution in [2.45, 2.75) is 25.3 Å². The van der Waals surface area contributed by atoms with Gasteiger partial charge in [0.15, 0.2) is 0 Å². The number of nitriles is 2. The van der Waals surface area contributed by atoms with E-state index in [2.05, 4.69) is 6.07 Å². The van der Waals surface area contributed by atoms with Crippen LogP contribution in [0, 0.1) is 32.8 Å². The van der Waals surface area contributed by atoms with E-state index in [0.717, 1.165) is 12.8 Å². The van der Waals surface area contributed by atoms with Crippen LogP contribution in [-0.4, -0.2) is 17.5 Å². The number of benzene rings is 1. The largest absolute Gasteiger partial charge is 0.362 e. The van der Waals surface area contributed by atoms with E-state index < -0.39 is 4.92 Å². The summed E-state index contributed by atoms with van der Waals surface area (Å²) in [7, 11) is 0. The summed E-state index contributed by atoms with van der Waals surface area (Å²) in [6.45, 7) is 0.455. The maximum atomic E-state index is 11.1. The van der Waals surface area contributed by atoms with Gasteiger partial charge in [0.25, 0.3) is 5.69 Å². The summed E-state index contributed by atoms with van der Waals surface area (Å²) in [5.74, 6) is 0. The second-order valence-electron chi connectivity index (χ2n) is 4.41. The molecule has 1 aliphatic carbocycles. The number of anilines is 1. The van der Waals surface area contributed by atoms with Crippen molar-refractivity contribution in [1.82, 2.24) is 0 Å². The van der Waals surface area contributed by atoms with Crippen LogP contribution in [0.2, 0.25) is 0 Å². The normalized spacial score (nSPS) is 13.4. The maximum Gasteiger partial charge on any atom is 0.292 e. The van der Waals surface area contributed by atoms with Crippen LogP contribution in [0.15, 0.2) is 18.2 Å². The lowest BCUT2D eigenvalue weighted by atomic mass is 10.1. The molecule has 0 saturated heterocycles. The first kappa shape index (κ1) is 12.8. The van der Waals surface area contributed by atoms with E-state index in [1.807, 2.05) is 11.0 Å². The van der Waals surface area contributed by atoms with Crippen molar-refractivity contribution in [2.75, 3.05) is 11.4 Å². The molecule has 1 fully saturated rings. The molecule has 1 aromatic carbocycles. The molecule has 19 heavy (non-hydrogen) atoms. The van der Waals surface area contributed by atoms with Crippen molar-refractivity contribution in [1.29, 1.82) is 10.5 Å². The van der Waals surface area contributed by atoms with Crippen molar-refractivity contribution in [3.8, 4) is 12.1 Å². The van der Waals surface area contributed by atoms with E-state index in [4.69, 9.17) is 10.5 Å². The van der Waals surface area contributed by atoms with E-state index in [0.29, 0.717) is 24.2 Å². The van der Waals surface area contributed by atoms with E-state index in [9.17, 15) is 10.1 Å². The Morgan fingerprint density at radius 2 is 2.16 bits per heavy atom. The van der Waals surface area contributed by atoms with E-state index in [-0.39, 0.29) is 11.7 Å².